The van der Waals surface area contributed by atoms with Crippen LogP contribution in [-0.4, -0.2) is 51.2 Å². The molecule has 106 valence electrons. The average Bonchev–Trinajstić information content (AvgIpc) is 2.46. The minimum atomic E-state index is 0.644. The molecule has 2 rings (SSSR count). The summed E-state index contributed by atoms with van der Waals surface area (Å²) in [6.07, 6.45) is 2.35. The Morgan fingerprint density at radius 1 is 1.16 bits per heavy atom. The number of rotatable bonds is 5. The van der Waals surface area contributed by atoms with Crippen LogP contribution in [0, 0.1) is 0 Å². The summed E-state index contributed by atoms with van der Waals surface area (Å²) in [7, 11) is 4.34. The van der Waals surface area contributed by atoms with Gasteiger partial charge in [0, 0.05) is 37.9 Å². The van der Waals surface area contributed by atoms with Crippen molar-refractivity contribution >= 4 is 5.69 Å². The van der Waals surface area contributed by atoms with E-state index in [1.54, 1.807) is 0 Å². The molecule has 1 saturated heterocycles. The van der Waals surface area contributed by atoms with Crippen LogP contribution in [0.25, 0.3) is 0 Å². The summed E-state index contributed by atoms with van der Waals surface area (Å²) in [4.78, 5) is 4.79. The highest BCUT2D eigenvalue weighted by Crippen LogP contribution is 2.17. The summed E-state index contributed by atoms with van der Waals surface area (Å²) in [6, 6.07) is 9.80. The van der Waals surface area contributed by atoms with Crippen LogP contribution in [-0.2, 0) is 6.42 Å². The summed E-state index contributed by atoms with van der Waals surface area (Å²) in [5.74, 6) is 0. The fourth-order valence-corrected chi connectivity index (χ4v) is 2.73. The second-order valence-corrected chi connectivity index (χ2v) is 5.63. The number of nitrogens with zero attached hydrogens (tertiary/aromatic N) is 2. The molecule has 1 aromatic carbocycles. The van der Waals surface area contributed by atoms with Crippen molar-refractivity contribution in [3.05, 3.63) is 29.8 Å². The Hall–Kier alpha value is -1.06. The van der Waals surface area contributed by atoms with Crippen molar-refractivity contribution in [2.24, 2.45) is 0 Å². The molecule has 0 amide bonds. The molecule has 0 bridgehead atoms. The molecule has 3 heteroatoms. The summed E-state index contributed by atoms with van der Waals surface area (Å²) < 4.78 is 0. The van der Waals surface area contributed by atoms with Gasteiger partial charge in [0.1, 0.15) is 0 Å². The molecule has 19 heavy (non-hydrogen) atoms. The maximum absolute atomic E-state index is 3.39. The van der Waals surface area contributed by atoms with Gasteiger partial charge in [0.2, 0.25) is 0 Å². The molecule has 3 nitrogen and oxygen atoms in total. The zero-order chi connectivity index (χ0) is 13.7. The Morgan fingerprint density at radius 3 is 2.32 bits per heavy atom. The topological polar surface area (TPSA) is 18.5 Å². The normalized spacial score (nSPS) is 17.8. The maximum Gasteiger partial charge on any atom is 0.0367 e. The van der Waals surface area contributed by atoms with Crippen molar-refractivity contribution in [3.8, 4) is 0 Å². The van der Waals surface area contributed by atoms with Gasteiger partial charge in [0.15, 0.2) is 0 Å². The number of nitrogens with one attached hydrogen (secondary N) is 1. The molecule has 1 aliphatic heterocycles. The molecule has 0 saturated carbocycles. The minimum Gasteiger partial charge on any atom is -0.369 e. The molecule has 0 spiro atoms. The summed E-state index contributed by atoms with van der Waals surface area (Å²) in [6.45, 7) is 6.70. The van der Waals surface area contributed by atoms with E-state index in [0.29, 0.717) is 6.04 Å². The highest BCUT2D eigenvalue weighted by molar-refractivity contribution is 5.48. The van der Waals surface area contributed by atoms with Crippen molar-refractivity contribution in [2.45, 2.75) is 25.8 Å². The van der Waals surface area contributed by atoms with Crippen LogP contribution >= 0.6 is 0 Å². The molecule has 1 fully saturated rings. The number of hydrogen-bond donors (Lipinski definition) is 1. The van der Waals surface area contributed by atoms with Crippen LogP contribution in [0.1, 0.15) is 18.9 Å². The predicted octanol–water partition coefficient (Wildman–Crippen LogP) is 1.98. The van der Waals surface area contributed by atoms with E-state index < -0.39 is 0 Å². The Kier molecular flexibility index (Phi) is 5.23. The third-order valence-electron chi connectivity index (χ3n) is 4.09. The molecule has 1 aliphatic rings. The van der Waals surface area contributed by atoms with E-state index in [9.17, 15) is 0 Å². The van der Waals surface area contributed by atoms with Crippen molar-refractivity contribution in [1.82, 2.24) is 10.2 Å². The molecule has 0 aromatic heterocycles. The number of likely N-dealkylation sites (N-methyl/N-ethyl adjacent to an activating group) is 1. The van der Waals surface area contributed by atoms with Gasteiger partial charge in [0.25, 0.3) is 0 Å². The molecule has 0 aliphatic carbocycles. The van der Waals surface area contributed by atoms with Crippen molar-refractivity contribution in [2.75, 3.05) is 45.2 Å². The van der Waals surface area contributed by atoms with Gasteiger partial charge in [-0.1, -0.05) is 19.1 Å². The average molecular weight is 261 g/mol. The zero-order valence-electron chi connectivity index (χ0n) is 12.5. The van der Waals surface area contributed by atoms with Gasteiger partial charge >= 0.3 is 0 Å². The Balaban J connectivity index is 1.97. The number of anilines is 1. The molecule has 1 unspecified atom stereocenters. The van der Waals surface area contributed by atoms with Gasteiger partial charge in [-0.2, -0.15) is 0 Å². The van der Waals surface area contributed by atoms with E-state index in [0.717, 1.165) is 32.6 Å². The first-order valence-electron chi connectivity index (χ1n) is 7.41. The Bertz CT molecular complexity index is 366. The Labute approximate surface area is 117 Å². The molecular weight excluding hydrogens is 234 g/mol. The summed E-state index contributed by atoms with van der Waals surface area (Å²) >= 11 is 0. The first-order valence-corrected chi connectivity index (χ1v) is 7.41. The van der Waals surface area contributed by atoms with Gasteiger partial charge in [-0.3, -0.25) is 0 Å². The van der Waals surface area contributed by atoms with Crippen molar-refractivity contribution < 1.29 is 0 Å². The minimum absolute atomic E-state index is 0.644. The third kappa shape index (κ3) is 3.95. The van der Waals surface area contributed by atoms with Crippen LogP contribution in [0.3, 0.4) is 0 Å². The van der Waals surface area contributed by atoms with Crippen LogP contribution in [0.5, 0.6) is 0 Å². The summed E-state index contributed by atoms with van der Waals surface area (Å²) in [5.41, 5.74) is 2.81. The molecule has 0 radical (unpaired) electrons. The molecule has 1 heterocycles. The smallest absolute Gasteiger partial charge is 0.0367 e. The van der Waals surface area contributed by atoms with Gasteiger partial charge < -0.3 is 15.1 Å². The molecular formula is C16H27N3. The van der Waals surface area contributed by atoms with Gasteiger partial charge in [0.05, 0.1) is 0 Å². The molecule has 1 aromatic rings. The van der Waals surface area contributed by atoms with E-state index in [-0.39, 0.29) is 0 Å². The highest BCUT2D eigenvalue weighted by Gasteiger charge is 2.12. The SMILES string of the molecule is CCC(Cc1ccc(N2CCNCC2)cc1)N(C)C. The van der Waals surface area contributed by atoms with E-state index in [1.807, 2.05) is 0 Å². The zero-order valence-corrected chi connectivity index (χ0v) is 12.5. The lowest BCUT2D eigenvalue weighted by atomic mass is 10.0. The highest BCUT2D eigenvalue weighted by atomic mass is 15.2. The predicted molar refractivity (Wildman–Crippen MR) is 83.0 cm³/mol. The van der Waals surface area contributed by atoms with Crippen molar-refractivity contribution in [1.29, 1.82) is 0 Å². The summed E-state index contributed by atoms with van der Waals surface area (Å²) in [5, 5.41) is 3.39. The standard InChI is InChI=1S/C16H27N3/c1-4-15(18(2)3)13-14-5-7-16(8-6-14)19-11-9-17-10-12-19/h5-8,15,17H,4,9-13H2,1-3H3. The molecule has 1 atom stereocenters. The second kappa shape index (κ2) is 6.92. The van der Waals surface area contributed by atoms with E-state index in [1.165, 1.54) is 17.7 Å². The third-order valence-corrected chi connectivity index (χ3v) is 4.09. The van der Waals surface area contributed by atoms with Crippen LogP contribution in [0.4, 0.5) is 5.69 Å². The largest absolute Gasteiger partial charge is 0.369 e. The Morgan fingerprint density at radius 2 is 1.79 bits per heavy atom. The van der Waals surface area contributed by atoms with Crippen LogP contribution in [0.2, 0.25) is 0 Å². The lowest BCUT2D eigenvalue weighted by molar-refractivity contribution is 0.284. The second-order valence-electron chi connectivity index (χ2n) is 5.63. The first-order chi connectivity index (χ1) is 9.20. The number of piperazine rings is 1. The lowest BCUT2D eigenvalue weighted by Gasteiger charge is -2.29. The first kappa shape index (κ1) is 14.4. The maximum atomic E-state index is 3.39. The van der Waals surface area contributed by atoms with Crippen LogP contribution < -0.4 is 10.2 Å². The quantitative estimate of drug-likeness (QED) is 0.874. The number of hydrogen-bond acceptors (Lipinski definition) is 3. The fourth-order valence-electron chi connectivity index (χ4n) is 2.73. The monoisotopic (exact) mass is 261 g/mol. The lowest BCUT2D eigenvalue weighted by Crippen LogP contribution is -2.43. The van der Waals surface area contributed by atoms with Crippen LogP contribution in [0.15, 0.2) is 24.3 Å². The van der Waals surface area contributed by atoms with E-state index >= 15 is 0 Å². The van der Waals surface area contributed by atoms with E-state index in [4.69, 9.17) is 0 Å². The van der Waals surface area contributed by atoms with Gasteiger partial charge in [-0.05, 0) is 44.6 Å². The van der Waals surface area contributed by atoms with Gasteiger partial charge in [-0.25, -0.2) is 0 Å². The van der Waals surface area contributed by atoms with Gasteiger partial charge in [-0.15, -0.1) is 0 Å². The number of benzene rings is 1. The van der Waals surface area contributed by atoms with E-state index in [2.05, 4.69) is 60.4 Å². The molecule has 1 N–H and O–H groups in total. The fraction of sp³-hybridized carbons (Fsp3) is 0.625. The van der Waals surface area contributed by atoms with Crippen molar-refractivity contribution in [3.63, 3.8) is 0 Å².